The van der Waals surface area contributed by atoms with E-state index in [0.717, 1.165) is 29.4 Å². The fraction of sp³-hybridized carbons (Fsp3) is 0.647. The highest BCUT2D eigenvalue weighted by atomic mass is 79.9. The highest BCUT2D eigenvalue weighted by Crippen LogP contribution is 2.39. The minimum absolute atomic E-state index is 0.166. The van der Waals surface area contributed by atoms with Gasteiger partial charge in [-0.3, -0.25) is 4.90 Å². The molecule has 1 aliphatic carbocycles. The van der Waals surface area contributed by atoms with E-state index >= 15 is 0 Å². The van der Waals surface area contributed by atoms with Crippen molar-refractivity contribution in [1.82, 2.24) is 4.90 Å². The van der Waals surface area contributed by atoms with Crippen LogP contribution in [0.3, 0.4) is 0 Å². The summed E-state index contributed by atoms with van der Waals surface area (Å²) < 4.78 is 1.15. The number of hydrogen-bond acceptors (Lipinski definition) is 2. The van der Waals surface area contributed by atoms with E-state index in [9.17, 15) is 0 Å². The predicted octanol–water partition coefficient (Wildman–Crippen LogP) is 4.03. The number of benzene rings is 1. The maximum Gasteiger partial charge on any atom is 0.0337 e. The lowest BCUT2D eigenvalue weighted by Crippen LogP contribution is -2.55. The van der Waals surface area contributed by atoms with Gasteiger partial charge in [-0.15, -0.1) is 0 Å². The third-order valence-electron chi connectivity index (χ3n) is 4.76. The van der Waals surface area contributed by atoms with Gasteiger partial charge in [0.2, 0.25) is 0 Å². The van der Waals surface area contributed by atoms with Crippen molar-refractivity contribution >= 4 is 15.9 Å². The summed E-state index contributed by atoms with van der Waals surface area (Å²) in [6.45, 7) is 6.46. The average Bonchev–Trinajstić information content (AvgIpc) is 2.37. The lowest BCUT2D eigenvalue weighted by Gasteiger charge is -2.48. The van der Waals surface area contributed by atoms with E-state index < -0.39 is 0 Å². The normalized spacial score (nSPS) is 30.7. The molecule has 1 aliphatic rings. The molecule has 2 rings (SSSR count). The van der Waals surface area contributed by atoms with Gasteiger partial charge in [-0.25, -0.2) is 0 Å². The zero-order valence-corrected chi connectivity index (χ0v) is 14.5. The second kappa shape index (κ2) is 6.59. The summed E-state index contributed by atoms with van der Waals surface area (Å²) in [6.07, 6.45) is 3.78. The van der Waals surface area contributed by atoms with Crippen LogP contribution < -0.4 is 5.73 Å². The Labute approximate surface area is 131 Å². The van der Waals surface area contributed by atoms with Crippen LogP contribution in [-0.4, -0.2) is 24.0 Å². The third kappa shape index (κ3) is 3.63. The molecule has 1 fully saturated rings. The molecule has 1 saturated carbocycles. The predicted molar refractivity (Wildman–Crippen MR) is 89.6 cm³/mol. The number of hydrogen-bond donors (Lipinski definition) is 1. The second-order valence-electron chi connectivity index (χ2n) is 6.77. The zero-order valence-electron chi connectivity index (χ0n) is 12.9. The van der Waals surface area contributed by atoms with Gasteiger partial charge >= 0.3 is 0 Å². The SMILES string of the molecule is CC1CC(C)CC(CN)(N(C)Cc2cccc(Br)c2)C1. The molecular formula is C17H27BrN2. The molecular weight excluding hydrogens is 312 g/mol. The Morgan fingerprint density at radius 3 is 2.50 bits per heavy atom. The van der Waals surface area contributed by atoms with Gasteiger partial charge in [-0.05, 0) is 55.8 Å². The number of likely N-dealkylation sites (N-methyl/N-ethyl adjacent to an activating group) is 1. The van der Waals surface area contributed by atoms with Crippen LogP contribution in [0, 0.1) is 11.8 Å². The number of halogens is 1. The van der Waals surface area contributed by atoms with Crippen LogP contribution in [-0.2, 0) is 6.54 Å². The molecule has 0 bridgehead atoms. The molecule has 0 aliphatic heterocycles. The minimum atomic E-state index is 0.166. The Morgan fingerprint density at radius 1 is 1.30 bits per heavy atom. The van der Waals surface area contributed by atoms with Gasteiger partial charge in [0.25, 0.3) is 0 Å². The molecule has 0 amide bonds. The molecule has 0 radical (unpaired) electrons. The standard InChI is InChI=1S/C17H27BrN2/c1-13-7-14(2)10-17(9-13,12-19)20(3)11-15-5-4-6-16(18)8-15/h4-6,8,13-14H,7,9-12,19H2,1-3H3. The Balaban J connectivity index is 2.14. The van der Waals surface area contributed by atoms with Crippen LogP contribution >= 0.6 is 15.9 Å². The topological polar surface area (TPSA) is 29.3 Å². The minimum Gasteiger partial charge on any atom is -0.329 e. The van der Waals surface area contributed by atoms with Crippen molar-refractivity contribution in [2.45, 2.75) is 45.2 Å². The van der Waals surface area contributed by atoms with Crippen molar-refractivity contribution in [2.75, 3.05) is 13.6 Å². The summed E-state index contributed by atoms with van der Waals surface area (Å²) in [5.74, 6) is 1.54. The van der Waals surface area contributed by atoms with Crippen LogP contribution in [0.5, 0.6) is 0 Å². The maximum atomic E-state index is 6.20. The first-order chi connectivity index (χ1) is 9.45. The molecule has 0 spiro atoms. The first kappa shape index (κ1) is 16.0. The summed E-state index contributed by atoms with van der Waals surface area (Å²) in [5, 5.41) is 0. The fourth-order valence-corrected chi connectivity index (χ4v) is 4.39. The lowest BCUT2D eigenvalue weighted by atomic mass is 9.70. The summed E-state index contributed by atoms with van der Waals surface area (Å²) in [6, 6.07) is 8.58. The van der Waals surface area contributed by atoms with Gasteiger partial charge in [0, 0.05) is 23.1 Å². The van der Waals surface area contributed by atoms with E-state index in [4.69, 9.17) is 5.73 Å². The maximum absolute atomic E-state index is 6.20. The van der Waals surface area contributed by atoms with Crippen LogP contribution in [0.25, 0.3) is 0 Å². The molecule has 1 aromatic carbocycles. The van der Waals surface area contributed by atoms with Crippen LogP contribution in [0.1, 0.15) is 38.7 Å². The molecule has 0 aromatic heterocycles. The molecule has 20 heavy (non-hydrogen) atoms. The summed E-state index contributed by atoms with van der Waals surface area (Å²) in [4.78, 5) is 2.49. The van der Waals surface area contributed by atoms with Gasteiger partial charge in [0.15, 0.2) is 0 Å². The van der Waals surface area contributed by atoms with E-state index in [-0.39, 0.29) is 5.54 Å². The Hall–Kier alpha value is -0.380. The molecule has 2 unspecified atom stereocenters. The van der Waals surface area contributed by atoms with Gasteiger partial charge in [0.1, 0.15) is 0 Å². The zero-order chi connectivity index (χ0) is 14.8. The first-order valence-electron chi connectivity index (χ1n) is 7.61. The molecule has 3 heteroatoms. The number of rotatable bonds is 4. The van der Waals surface area contributed by atoms with E-state index in [0.29, 0.717) is 0 Å². The largest absolute Gasteiger partial charge is 0.329 e. The summed E-state index contributed by atoms with van der Waals surface area (Å²) in [5.41, 5.74) is 7.71. The van der Waals surface area contributed by atoms with E-state index in [2.05, 4.69) is 66.0 Å². The van der Waals surface area contributed by atoms with Gasteiger partial charge in [0.05, 0.1) is 0 Å². The number of nitrogens with two attached hydrogens (primary N) is 1. The molecule has 1 aromatic rings. The van der Waals surface area contributed by atoms with Crippen LogP contribution in [0.2, 0.25) is 0 Å². The summed E-state index contributed by atoms with van der Waals surface area (Å²) >= 11 is 3.55. The molecule has 0 saturated heterocycles. The third-order valence-corrected chi connectivity index (χ3v) is 5.25. The molecule has 112 valence electrons. The average molecular weight is 339 g/mol. The van der Waals surface area contributed by atoms with Gasteiger partial charge in [-0.1, -0.05) is 41.9 Å². The number of nitrogens with zero attached hydrogens (tertiary/aromatic N) is 1. The van der Waals surface area contributed by atoms with Crippen molar-refractivity contribution < 1.29 is 0 Å². The van der Waals surface area contributed by atoms with E-state index in [1.807, 2.05) is 0 Å². The smallest absolute Gasteiger partial charge is 0.0337 e. The highest BCUT2D eigenvalue weighted by Gasteiger charge is 2.39. The van der Waals surface area contributed by atoms with Crippen molar-refractivity contribution in [3.8, 4) is 0 Å². The van der Waals surface area contributed by atoms with Gasteiger partial charge < -0.3 is 5.73 Å². The fourth-order valence-electron chi connectivity index (χ4n) is 3.95. The second-order valence-corrected chi connectivity index (χ2v) is 7.68. The van der Waals surface area contributed by atoms with Crippen LogP contribution in [0.15, 0.2) is 28.7 Å². The van der Waals surface area contributed by atoms with Crippen LogP contribution in [0.4, 0.5) is 0 Å². The Kier molecular flexibility index (Phi) is 5.27. The van der Waals surface area contributed by atoms with Crippen molar-refractivity contribution in [1.29, 1.82) is 0 Å². The van der Waals surface area contributed by atoms with E-state index in [1.165, 1.54) is 24.8 Å². The van der Waals surface area contributed by atoms with Crippen molar-refractivity contribution in [2.24, 2.45) is 17.6 Å². The van der Waals surface area contributed by atoms with Crippen molar-refractivity contribution in [3.05, 3.63) is 34.3 Å². The van der Waals surface area contributed by atoms with Gasteiger partial charge in [-0.2, -0.15) is 0 Å². The lowest BCUT2D eigenvalue weighted by molar-refractivity contribution is 0.0333. The summed E-state index contributed by atoms with van der Waals surface area (Å²) in [7, 11) is 2.23. The van der Waals surface area contributed by atoms with E-state index in [1.54, 1.807) is 0 Å². The monoisotopic (exact) mass is 338 g/mol. The quantitative estimate of drug-likeness (QED) is 0.897. The molecule has 2 atom stereocenters. The Morgan fingerprint density at radius 2 is 1.95 bits per heavy atom. The molecule has 2 N–H and O–H groups in total. The molecule has 2 nitrogen and oxygen atoms in total. The Bertz CT molecular complexity index is 436. The highest BCUT2D eigenvalue weighted by molar-refractivity contribution is 9.10. The molecule has 0 heterocycles. The van der Waals surface area contributed by atoms with Crippen molar-refractivity contribution in [3.63, 3.8) is 0 Å². The first-order valence-corrected chi connectivity index (χ1v) is 8.40.